The Labute approximate surface area is 144 Å². The number of halogens is 1. The van der Waals surface area contributed by atoms with Crippen molar-refractivity contribution in [1.82, 2.24) is 4.98 Å². The predicted octanol–water partition coefficient (Wildman–Crippen LogP) is 4.78. The lowest BCUT2D eigenvalue weighted by Crippen LogP contribution is -1.94. The summed E-state index contributed by atoms with van der Waals surface area (Å²) < 4.78 is 19.2. The van der Waals surface area contributed by atoms with E-state index in [1.807, 2.05) is 30.5 Å². The monoisotopic (exact) mass is 338 g/mol. The summed E-state index contributed by atoms with van der Waals surface area (Å²) in [7, 11) is 1.42. The number of aromatic nitrogens is 1. The average molecular weight is 338 g/mol. The van der Waals surface area contributed by atoms with E-state index in [9.17, 15) is 9.65 Å². The van der Waals surface area contributed by atoms with Gasteiger partial charge in [0.25, 0.3) is 0 Å². The van der Waals surface area contributed by atoms with Gasteiger partial charge < -0.3 is 4.74 Å². The quantitative estimate of drug-likeness (QED) is 0.686. The fraction of sp³-hybridized carbons (Fsp3) is 0.158. The molecule has 0 fully saturated rings. The van der Waals surface area contributed by atoms with Crippen LogP contribution in [0.5, 0.6) is 5.75 Å². The maximum atomic E-state index is 14.2. The van der Waals surface area contributed by atoms with Crippen molar-refractivity contribution in [2.45, 2.75) is 5.75 Å². The van der Waals surface area contributed by atoms with Gasteiger partial charge in [0.1, 0.15) is 6.07 Å². The minimum absolute atomic E-state index is 0.140. The van der Waals surface area contributed by atoms with E-state index in [4.69, 9.17) is 4.74 Å². The smallest absolute Gasteiger partial charge is 0.165 e. The highest BCUT2D eigenvalue weighted by Crippen LogP contribution is 2.34. The first-order valence-corrected chi connectivity index (χ1v) is 8.72. The molecule has 0 atom stereocenters. The fourth-order valence-corrected chi connectivity index (χ4v) is 3.21. The minimum Gasteiger partial charge on any atom is -0.494 e. The molecule has 5 heteroatoms. The highest BCUT2D eigenvalue weighted by molar-refractivity contribution is 7.97. The number of ether oxygens (including phenoxy) is 1. The molecule has 3 rings (SSSR count). The number of rotatable bonds is 4. The van der Waals surface area contributed by atoms with Crippen molar-refractivity contribution in [2.75, 3.05) is 13.4 Å². The molecule has 1 aromatic heterocycles. The predicted molar refractivity (Wildman–Crippen MR) is 95.6 cm³/mol. The molecule has 0 aliphatic rings. The van der Waals surface area contributed by atoms with E-state index >= 15 is 0 Å². The van der Waals surface area contributed by atoms with Gasteiger partial charge in [0.15, 0.2) is 11.6 Å². The molecule has 0 amide bonds. The summed E-state index contributed by atoms with van der Waals surface area (Å²) >= 11 is 1.75. The van der Waals surface area contributed by atoms with Crippen molar-refractivity contribution in [3.63, 3.8) is 0 Å². The molecule has 0 aliphatic heterocycles. The number of thioether (sulfide) groups is 1. The molecule has 120 valence electrons. The Balaban J connectivity index is 2.24. The number of nitrogens with zero attached hydrogens (tertiary/aromatic N) is 2. The van der Waals surface area contributed by atoms with Crippen molar-refractivity contribution < 1.29 is 9.13 Å². The second-order valence-electron chi connectivity index (χ2n) is 5.29. The summed E-state index contributed by atoms with van der Waals surface area (Å²) in [5.74, 6) is 0.594. The van der Waals surface area contributed by atoms with Crippen LogP contribution in [0.15, 0.2) is 42.6 Å². The van der Waals surface area contributed by atoms with E-state index in [0.29, 0.717) is 22.0 Å². The zero-order valence-corrected chi connectivity index (χ0v) is 14.2. The maximum Gasteiger partial charge on any atom is 0.165 e. The Morgan fingerprint density at radius 3 is 2.62 bits per heavy atom. The molecule has 1 heterocycles. The SMILES string of the molecule is COc1cc2ncc(C#N)c(-c3ccc(CSC)cc3)c2cc1F. The molecule has 3 aromatic rings. The summed E-state index contributed by atoms with van der Waals surface area (Å²) in [4.78, 5) is 4.26. The Kier molecular flexibility index (Phi) is 4.68. The van der Waals surface area contributed by atoms with Gasteiger partial charge in [0.2, 0.25) is 0 Å². The van der Waals surface area contributed by atoms with Crippen LogP contribution in [0.3, 0.4) is 0 Å². The largest absolute Gasteiger partial charge is 0.494 e. The van der Waals surface area contributed by atoms with E-state index < -0.39 is 5.82 Å². The molecule has 0 unspecified atom stereocenters. The fourth-order valence-electron chi connectivity index (χ4n) is 2.68. The molecule has 0 saturated carbocycles. The van der Waals surface area contributed by atoms with E-state index in [2.05, 4.69) is 11.1 Å². The lowest BCUT2D eigenvalue weighted by molar-refractivity contribution is 0.387. The molecule has 0 spiro atoms. The van der Waals surface area contributed by atoms with Gasteiger partial charge in [-0.25, -0.2) is 4.39 Å². The molecule has 0 radical (unpaired) electrons. The van der Waals surface area contributed by atoms with Gasteiger partial charge in [-0.05, 0) is 23.4 Å². The van der Waals surface area contributed by atoms with Crippen molar-refractivity contribution >= 4 is 22.7 Å². The third kappa shape index (κ3) is 2.93. The Morgan fingerprint density at radius 1 is 1.25 bits per heavy atom. The van der Waals surface area contributed by atoms with E-state index in [1.54, 1.807) is 17.8 Å². The Hall–Kier alpha value is -2.58. The summed E-state index contributed by atoms with van der Waals surface area (Å²) in [6.07, 6.45) is 3.57. The van der Waals surface area contributed by atoms with Crippen LogP contribution in [-0.4, -0.2) is 18.3 Å². The van der Waals surface area contributed by atoms with Crippen LogP contribution >= 0.6 is 11.8 Å². The number of nitriles is 1. The molecule has 0 N–H and O–H groups in total. The van der Waals surface area contributed by atoms with Crippen molar-refractivity contribution in [1.29, 1.82) is 5.26 Å². The number of methoxy groups -OCH3 is 1. The van der Waals surface area contributed by atoms with Crippen LogP contribution in [0.4, 0.5) is 4.39 Å². The van der Waals surface area contributed by atoms with Gasteiger partial charge in [0.05, 0.1) is 18.2 Å². The van der Waals surface area contributed by atoms with Crippen LogP contribution in [-0.2, 0) is 5.75 Å². The molecular weight excluding hydrogens is 323 g/mol. The van der Waals surface area contributed by atoms with Crippen molar-refractivity contribution in [2.24, 2.45) is 0 Å². The number of hydrogen-bond donors (Lipinski definition) is 0. The van der Waals surface area contributed by atoms with Gasteiger partial charge in [-0.3, -0.25) is 4.98 Å². The van der Waals surface area contributed by atoms with E-state index in [-0.39, 0.29) is 5.75 Å². The van der Waals surface area contributed by atoms with E-state index in [0.717, 1.165) is 11.3 Å². The molecule has 0 aliphatic carbocycles. The van der Waals surface area contributed by atoms with Crippen LogP contribution in [0.2, 0.25) is 0 Å². The van der Waals surface area contributed by atoms with Gasteiger partial charge in [-0.2, -0.15) is 17.0 Å². The lowest BCUT2D eigenvalue weighted by Gasteiger charge is -2.11. The zero-order chi connectivity index (χ0) is 17.1. The molecule has 3 nitrogen and oxygen atoms in total. The average Bonchev–Trinajstić information content (AvgIpc) is 2.61. The molecular formula is C19H15FN2OS. The Morgan fingerprint density at radius 2 is 2.00 bits per heavy atom. The zero-order valence-electron chi connectivity index (χ0n) is 13.3. The number of fused-ring (bicyclic) bond motifs is 1. The van der Waals surface area contributed by atoms with E-state index in [1.165, 1.54) is 24.9 Å². The first kappa shape index (κ1) is 16.3. The molecule has 0 saturated heterocycles. The van der Waals surface area contributed by atoms with Crippen LogP contribution in [0.1, 0.15) is 11.1 Å². The minimum atomic E-state index is -0.470. The van der Waals surface area contributed by atoms with Crippen LogP contribution in [0, 0.1) is 17.1 Å². The molecule has 0 bridgehead atoms. The third-order valence-corrected chi connectivity index (χ3v) is 4.44. The lowest BCUT2D eigenvalue weighted by atomic mass is 9.96. The summed E-state index contributed by atoms with van der Waals surface area (Å²) in [6.45, 7) is 0. The number of hydrogen-bond acceptors (Lipinski definition) is 4. The number of pyridine rings is 1. The van der Waals surface area contributed by atoms with Gasteiger partial charge in [-0.15, -0.1) is 0 Å². The second-order valence-corrected chi connectivity index (χ2v) is 6.16. The standard InChI is InChI=1S/C19H15FN2OS/c1-23-18-8-17-15(7-16(18)20)19(14(9-21)10-22-17)13-5-3-12(4-6-13)11-24-2/h3-8,10H,11H2,1-2H3. The van der Waals surface area contributed by atoms with Gasteiger partial charge >= 0.3 is 0 Å². The van der Waals surface area contributed by atoms with Gasteiger partial charge in [0, 0.05) is 29.0 Å². The topological polar surface area (TPSA) is 45.9 Å². The molecule has 2 aromatic carbocycles. The van der Waals surface area contributed by atoms with Gasteiger partial charge in [-0.1, -0.05) is 24.3 Å². The summed E-state index contributed by atoms with van der Waals surface area (Å²) in [5.41, 5.74) is 3.78. The highest BCUT2D eigenvalue weighted by Gasteiger charge is 2.14. The van der Waals surface area contributed by atoms with Crippen molar-refractivity contribution in [3.8, 4) is 22.9 Å². The van der Waals surface area contributed by atoms with Crippen LogP contribution in [0.25, 0.3) is 22.0 Å². The normalized spacial score (nSPS) is 10.6. The first-order chi connectivity index (χ1) is 11.7. The summed E-state index contributed by atoms with van der Waals surface area (Å²) in [5, 5.41) is 10.0. The second kappa shape index (κ2) is 6.90. The highest BCUT2D eigenvalue weighted by atomic mass is 32.2. The van der Waals surface area contributed by atoms with Crippen LogP contribution < -0.4 is 4.74 Å². The first-order valence-electron chi connectivity index (χ1n) is 7.32. The molecule has 24 heavy (non-hydrogen) atoms. The van der Waals surface area contributed by atoms with Crippen molar-refractivity contribution in [3.05, 3.63) is 59.5 Å². The Bertz CT molecular complexity index is 933. The number of benzene rings is 2. The maximum absolute atomic E-state index is 14.2. The summed E-state index contributed by atoms with van der Waals surface area (Å²) in [6, 6.07) is 13.1. The third-order valence-electron chi connectivity index (χ3n) is 3.82.